The molecule has 0 aliphatic carbocycles. The van der Waals surface area contributed by atoms with Crippen LogP contribution >= 0.6 is 23.4 Å². The van der Waals surface area contributed by atoms with Gasteiger partial charge in [-0.3, -0.25) is 4.99 Å². The van der Waals surface area contributed by atoms with Crippen LogP contribution in [0.25, 0.3) is 0 Å². The fourth-order valence-corrected chi connectivity index (χ4v) is 5.50. The van der Waals surface area contributed by atoms with Crippen LogP contribution in [0.15, 0.2) is 58.4 Å². The molecule has 1 fully saturated rings. The molecule has 142 valence electrons. The van der Waals surface area contributed by atoms with E-state index >= 15 is 0 Å². The predicted molar refractivity (Wildman–Crippen MR) is 117 cm³/mol. The van der Waals surface area contributed by atoms with Crippen molar-refractivity contribution in [3.63, 3.8) is 0 Å². The zero-order valence-electron chi connectivity index (χ0n) is 16.0. The topological polar surface area (TPSA) is 15.6 Å². The van der Waals surface area contributed by atoms with Crippen LogP contribution in [0.1, 0.15) is 50.2 Å². The van der Waals surface area contributed by atoms with Crippen LogP contribution in [0.5, 0.6) is 0 Å². The Balaban J connectivity index is 1.67. The van der Waals surface area contributed by atoms with Gasteiger partial charge in [0.05, 0.1) is 5.54 Å². The molecule has 4 heteroatoms. The minimum atomic E-state index is -0.123. The highest BCUT2D eigenvalue weighted by atomic mass is 35.5. The van der Waals surface area contributed by atoms with Crippen LogP contribution in [-0.2, 0) is 5.54 Å². The second-order valence-corrected chi connectivity index (χ2v) is 9.04. The lowest BCUT2D eigenvalue weighted by atomic mass is 9.87. The van der Waals surface area contributed by atoms with Gasteiger partial charge in [-0.25, -0.2) is 0 Å². The Morgan fingerprint density at radius 3 is 2.52 bits per heavy atom. The molecule has 1 atom stereocenters. The van der Waals surface area contributed by atoms with E-state index in [1.165, 1.54) is 41.1 Å². The second kappa shape index (κ2) is 8.28. The van der Waals surface area contributed by atoms with Crippen LogP contribution in [0, 0.1) is 0 Å². The Labute approximate surface area is 172 Å². The molecular formula is C23H27ClN2S. The first-order valence-electron chi connectivity index (χ1n) is 10.0. The van der Waals surface area contributed by atoms with Crippen molar-refractivity contribution >= 4 is 29.2 Å². The first-order chi connectivity index (χ1) is 13.2. The molecule has 0 amide bonds. The van der Waals surface area contributed by atoms with Gasteiger partial charge in [0.15, 0.2) is 0 Å². The Bertz CT molecular complexity index is 811. The van der Waals surface area contributed by atoms with Crippen molar-refractivity contribution in [1.29, 1.82) is 0 Å². The molecular weight excluding hydrogens is 372 g/mol. The lowest BCUT2D eigenvalue weighted by Crippen LogP contribution is -2.35. The molecule has 4 rings (SSSR count). The zero-order chi connectivity index (χ0) is 18.7. The summed E-state index contributed by atoms with van der Waals surface area (Å²) in [6.45, 7) is 4.55. The number of thioether (sulfide) groups is 1. The van der Waals surface area contributed by atoms with E-state index in [4.69, 9.17) is 16.6 Å². The largest absolute Gasteiger partial charge is 0.356 e. The average molecular weight is 399 g/mol. The van der Waals surface area contributed by atoms with Crippen LogP contribution in [0.2, 0.25) is 5.02 Å². The van der Waals surface area contributed by atoms with Gasteiger partial charge in [-0.15, -0.1) is 11.8 Å². The zero-order valence-corrected chi connectivity index (χ0v) is 17.5. The average Bonchev–Trinajstić information content (AvgIpc) is 3.04. The molecule has 0 N–H and O–H groups in total. The molecule has 0 spiro atoms. The van der Waals surface area contributed by atoms with E-state index in [1.54, 1.807) is 0 Å². The van der Waals surface area contributed by atoms with Crippen molar-refractivity contribution in [2.45, 2.75) is 49.5 Å². The smallest absolute Gasteiger partial charge is 0.132 e. The monoisotopic (exact) mass is 398 g/mol. The fraction of sp³-hybridized carbons (Fsp3) is 0.435. The van der Waals surface area contributed by atoms with E-state index in [9.17, 15) is 0 Å². The maximum absolute atomic E-state index is 6.05. The summed E-state index contributed by atoms with van der Waals surface area (Å²) in [5.41, 5.74) is 2.64. The number of hydrogen-bond acceptors (Lipinski definition) is 3. The summed E-state index contributed by atoms with van der Waals surface area (Å²) in [5, 5.41) is 0.791. The molecule has 1 unspecified atom stereocenters. The number of fused-ring (bicyclic) bond motifs is 1. The number of nitrogens with zero attached hydrogens (tertiary/aromatic N) is 2. The molecule has 2 aromatic rings. The number of benzene rings is 2. The van der Waals surface area contributed by atoms with Crippen molar-refractivity contribution in [1.82, 2.24) is 4.90 Å². The van der Waals surface area contributed by atoms with Crippen molar-refractivity contribution in [2.24, 2.45) is 4.99 Å². The summed E-state index contributed by atoms with van der Waals surface area (Å²) in [6.07, 6.45) is 6.12. The Hall–Kier alpha value is -1.45. The van der Waals surface area contributed by atoms with Gasteiger partial charge in [-0.2, -0.15) is 0 Å². The van der Waals surface area contributed by atoms with E-state index in [1.807, 2.05) is 23.9 Å². The highest BCUT2D eigenvalue weighted by Gasteiger charge is 2.40. The van der Waals surface area contributed by atoms with Crippen LogP contribution in [0.3, 0.4) is 0 Å². The highest BCUT2D eigenvalue weighted by Crippen LogP contribution is 2.44. The van der Waals surface area contributed by atoms with E-state index in [0.29, 0.717) is 0 Å². The van der Waals surface area contributed by atoms with Gasteiger partial charge in [0, 0.05) is 34.3 Å². The van der Waals surface area contributed by atoms with Gasteiger partial charge in [-0.1, -0.05) is 49.2 Å². The van der Waals surface area contributed by atoms with Crippen LogP contribution in [0.4, 0.5) is 0 Å². The van der Waals surface area contributed by atoms with Crippen molar-refractivity contribution < 1.29 is 0 Å². The minimum Gasteiger partial charge on any atom is -0.356 e. The van der Waals surface area contributed by atoms with Crippen molar-refractivity contribution in [2.75, 3.05) is 18.8 Å². The van der Waals surface area contributed by atoms with Crippen LogP contribution in [-0.4, -0.2) is 29.6 Å². The summed E-state index contributed by atoms with van der Waals surface area (Å²) < 4.78 is 0. The standard InChI is InChI=1S/C23H27ClN2S/c1-2-14-23(17-27-19-12-10-18(24)11-13-19)21-9-5-4-8-20(21)22(25-23)26-15-6-3-7-16-26/h4-5,8-13H,2-3,6-7,14-17H2,1H3. The third-order valence-corrected chi connectivity index (χ3v) is 7.08. The van der Waals surface area contributed by atoms with E-state index < -0.39 is 0 Å². The van der Waals surface area contributed by atoms with E-state index in [2.05, 4.69) is 48.2 Å². The molecule has 0 aromatic heterocycles. The number of hydrogen-bond donors (Lipinski definition) is 0. The molecule has 0 saturated carbocycles. The first-order valence-corrected chi connectivity index (χ1v) is 11.4. The summed E-state index contributed by atoms with van der Waals surface area (Å²) in [4.78, 5) is 9.21. The predicted octanol–water partition coefficient (Wildman–Crippen LogP) is 6.37. The molecule has 2 aliphatic heterocycles. The minimum absolute atomic E-state index is 0.123. The molecule has 0 bridgehead atoms. The first kappa shape index (κ1) is 18.9. The fourth-order valence-electron chi connectivity index (χ4n) is 4.27. The molecule has 2 aromatic carbocycles. The molecule has 0 radical (unpaired) electrons. The van der Waals surface area contributed by atoms with Crippen LogP contribution < -0.4 is 0 Å². The number of halogens is 1. The number of aliphatic imine (C=N–C) groups is 1. The summed E-state index contributed by atoms with van der Waals surface area (Å²) in [6, 6.07) is 17.1. The number of rotatable bonds is 5. The Kier molecular flexibility index (Phi) is 5.79. The van der Waals surface area contributed by atoms with Gasteiger partial charge in [0.25, 0.3) is 0 Å². The summed E-state index contributed by atoms with van der Waals surface area (Å²) in [5.74, 6) is 2.20. The molecule has 27 heavy (non-hydrogen) atoms. The van der Waals surface area contributed by atoms with Gasteiger partial charge < -0.3 is 4.90 Å². The van der Waals surface area contributed by atoms with Gasteiger partial charge in [0.1, 0.15) is 5.84 Å². The Morgan fingerprint density at radius 1 is 1.04 bits per heavy atom. The maximum Gasteiger partial charge on any atom is 0.132 e. The Morgan fingerprint density at radius 2 is 1.78 bits per heavy atom. The third-order valence-electron chi connectivity index (χ3n) is 5.60. The lowest BCUT2D eigenvalue weighted by Gasteiger charge is -2.29. The van der Waals surface area contributed by atoms with E-state index in [0.717, 1.165) is 36.7 Å². The van der Waals surface area contributed by atoms with Crippen molar-refractivity contribution in [3.05, 3.63) is 64.7 Å². The molecule has 2 aliphatic rings. The normalized spacial score (nSPS) is 21.9. The molecule has 2 nitrogen and oxygen atoms in total. The summed E-state index contributed by atoms with van der Waals surface area (Å²) >= 11 is 7.94. The van der Waals surface area contributed by atoms with Gasteiger partial charge in [-0.05, 0) is 55.5 Å². The van der Waals surface area contributed by atoms with Gasteiger partial charge >= 0.3 is 0 Å². The lowest BCUT2D eigenvalue weighted by molar-refractivity contribution is 0.339. The van der Waals surface area contributed by atoms with E-state index in [-0.39, 0.29) is 5.54 Å². The number of likely N-dealkylation sites (tertiary alicyclic amines) is 1. The van der Waals surface area contributed by atoms with Gasteiger partial charge in [0.2, 0.25) is 0 Å². The molecule has 2 heterocycles. The number of amidine groups is 1. The van der Waals surface area contributed by atoms with Crippen molar-refractivity contribution in [3.8, 4) is 0 Å². The summed E-state index contributed by atoms with van der Waals surface area (Å²) in [7, 11) is 0. The highest BCUT2D eigenvalue weighted by molar-refractivity contribution is 7.99. The maximum atomic E-state index is 6.05. The SMILES string of the molecule is CCCC1(CSc2ccc(Cl)cc2)N=C(N2CCCCC2)c2ccccc21. The quantitative estimate of drug-likeness (QED) is 0.543. The molecule has 1 saturated heterocycles. The second-order valence-electron chi connectivity index (χ2n) is 7.55. The third kappa shape index (κ3) is 3.90. The number of piperidine rings is 1.